The Morgan fingerprint density at radius 3 is 2.76 bits per heavy atom. The lowest BCUT2D eigenvalue weighted by Gasteiger charge is -2.57. The molecule has 0 radical (unpaired) electrons. The monoisotopic (exact) mass is 473 g/mol. The number of fused-ring (bicyclic) bond motifs is 5. The Kier molecular flexibility index (Phi) is 6.28. The molecule has 1 heterocycles. The van der Waals surface area contributed by atoms with Crippen LogP contribution >= 0.6 is 0 Å². The first-order chi connectivity index (χ1) is 16.3. The van der Waals surface area contributed by atoms with Gasteiger partial charge in [0.2, 0.25) is 0 Å². The summed E-state index contributed by atoms with van der Waals surface area (Å²) in [6.45, 7) is 2.57. The van der Waals surface area contributed by atoms with Gasteiger partial charge in [0.15, 0.2) is 5.78 Å². The Balaban J connectivity index is 1.26. The molecule has 0 saturated heterocycles. The molecule has 4 aliphatic rings. The van der Waals surface area contributed by atoms with E-state index in [2.05, 4.69) is 17.2 Å². The first-order valence-corrected chi connectivity index (χ1v) is 13.0. The Morgan fingerprint density at radius 2 is 2.00 bits per heavy atom. The van der Waals surface area contributed by atoms with E-state index in [-0.39, 0.29) is 42.4 Å². The van der Waals surface area contributed by atoms with Gasteiger partial charge in [0.25, 0.3) is 6.43 Å². The largest absolute Gasteiger partial charge is 0.384 e. The number of anilines is 1. The van der Waals surface area contributed by atoms with E-state index in [9.17, 15) is 18.7 Å². The van der Waals surface area contributed by atoms with Crippen LogP contribution in [0.4, 0.5) is 14.5 Å². The van der Waals surface area contributed by atoms with E-state index in [1.807, 2.05) is 0 Å². The van der Waals surface area contributed by atoms with Crippen LogP contribution in [0.2, 0.25) is 0 Å². The number of carbonyl (C=O) groups is 1. The molecular formula is C27H37F2N3O2. The SMILES string of the molecule is C[C@]12CC[C@H]3[C@@H](CC[C@@H]4C[C@@](O)(C(F)F)CC[C@@H]43)[C@@H]1CCC2C(=O)CNc1cnccc1C=N. The van der Waals surface area contributed by atoms with E-state index in [4.69, 9.17) is 5.41 Å². The number of pyridine rings is 1. The molecule has 4 aliphatic carbocycles. The third-order valence-corrected chi connectivity index (χ3v) is 10.3. The van der Waals surface area contributed by atoms with Crippen molar-refractivity contribution in [3.05, 3.63) is 24.0 Å². The van der Waals surface area contributed by atoms with Crippen molar-refractivity contribution in [3.63, 3.8) is 0 Å². The molecule has 0 amide bonds. The lowest BCUT2D eigenvalue weighted by molar-refractivity contribution is -0.160. The molecule has 1 aromatic rings. The molecule has 5 rings (SSSR count). The van der Waals surface area contributed by atoms with Gasteiger partial charge >= 0.3 is 0 Å². The van der Waals surface area contributed by atoms with Crippen LogP contribution in [-0.4, -0.2) is 40.7 Å². The Bertz CT molecular complexity index is 942. The Morgan fingerprint density at radius 1 is 1.21 bits per heavy atom. The zero-order chi connectivity index (χ0) is 24.1. The second-order valence-corrected chi connectivity index (χ2v) is 11.7. The molecule has 1 aromatic heterocycles. The van der Waals surface area contributed by atoms with Gasteiger partial charge in [-0.15, -0.1) is 0 Å². The van der Waals surface area contributed by atoms with Gasteiger partial charge in [-0.3, -0.25) is 9.78 Å². The number of nitrogens with zero attached hydrogens (tertiary/aromatic N) is 1. The minimum atomic E-state index is -2.65. The van der Waals surface area contributed by atoms with Gasteiger partial charge in [-0.1, -0.05) is 6.92 Å². The maximum Gasteiger partial charge on any atom is 0.266 e. The summed E-state index contributed by atoms with van der Waals surface area (Å²) in [5.74, 6) is 2.60. The standard InChI is InChI=1S/C27H37F2N3O2/c1-26-9-6-19-18-7-10-27(34,25(28)29)12-16(18)2-3-20(19)21(26)4-5-22(26)24(33)15-32-23-14-31-11-8-17(23)13-30/h8,11,13-14,16,18-22,25,30,32,34H,2-7,9-10,12,15H2,1H3/t16-,18+,19-,20-,21+,22?,26+,27-/m1/s1. The predicted molar refractivity (Wildman–Crippen MR) is 127 cm³/mol. The van der Waals surface area contributed by atoms with E-state index in [0.717, 1.165) is 44.1 Å². The van der Waals surface area contributed by atoms with Crippen LogP contribution in [0.5, 0.6) is 0 Å². The van der Waals surface area contributed by atoms with Crippen molar-refractivity contribution in [3.8, 4) is 0 Å². The number of carbonyl (C=O) groups excluding carboxylic acids is 1. The first-order valence-electron chi connectivity index (χ1n) is 13.0. The zero-order valence-corrected chi connectivity index (χ0v) is 20.0. The summed E-state index contributed by atoms with van der Waals surface area (Å²) in [5, 5.41) is 21.2. The summed E-state index contributed by atoms with van der Waals surface area (Å²) < 4.78 is 26.9. The molecule has 5 nitrogen and oxygen atoms in total. The lowest BCUT2D eigenvalue weighted by Crippen LogP contribution is -2.53. The van der Waals surface area contributed by atoms with Gasteiger partial charge < -0.3 is 15.8 Å². The molecule has 1 unspecified atom stereocenters. The highest BCUT2D eigenvalue weighted by Crippen LogP contribution is 2.64. The van der Waals surface area contributed by atoms with E-state index in [1.54, 1.807) is 18.5 Å². The van der Waals surface area contributed by atoms with Crippen molar-refractivity contribution >= 4 is 17.7 Å². The quantitative estimate of drug-likeness (QED) is 0.488. The van der Waals surface area contributed by atoms with Crippen LogP contribution in [0.3, 0.4) is 0 Å². The van der Waals surface area contributed by atoms with Crippen LogP contribution in [0.1, 0.15) is 70.3 Å². The number of ketones is 1. The number of aliphatic hydroxyl groups is 1. The molecule has 34 heavy (non-hydrogen) atoms. The zero-order valence-electron chi connectivity index (χ0n) is 20.0. The van der Waals surface area contributed by atoms with Gasteiger partial charge in [0, 0.05) is 23.9 Å². The Labute approximate surface area is 200 Å². The second-order valence-electron chi connectivity index (χ2n) is 11.7. The van der Waals surface area contributed by atoms with Crippen molar-refractivity contribution in [1.82, 2.24) is 4.98 Å². The number of hydrogen-bond donors (Lipinski definition) is 3. The molecule has 0 bridgehead atoms. The van der Waals surface area contributed by atoms with Gasteiger partial charge in [-0.05, 0) is 98.9 Å². The number of halogens is 2. The van der Waals surface area contributed by atoms with E-state index >= 15 is 0 Å². The lowest BCUT2D eigenvalue weighted by atomic mass is 9.49. The first kappa shape index (κ1) is 23.8. The topological polar surface area (TPSA) is 86.1 Å². The molecule has 0 spiro atoms. The number of hydrogen-bond acceptors (Lipinski definition) is 5. The number of aromatic nitrogens is 1. The maximum absolute atomic E-state index is 13.5. The number of rotatable bonds is 6. The summed E-state index contributed by atoms with van der Waals surface area (Å²) in [7, 11) is 0. The highest BCUT2D eigenvalue weighted by Gasteiger charge is 2.59. The van der Waals surface area contributed by atoms with Crippen LogP contribution < -0.4 is 5.32 Å². The van der Waals surface area contributed by atoms with Crippen molar-refractivity contribution < 1.29 is 18.7 Å². The van der Waals surface area contributed by atoms with Gasteiger partial charge in [0.05, 0.1) is 18.4 Å². The molecule has 4 fully saturated rings. The molecular weight excluding hydrogens is 436 g/mol. The van der Waals surface area contributed by atoms with Gasteiger partial charge in [0.1, 0.15) is 5.60 Å². The molecule has 0 aliphatic heterocycles. The summed E-state index contributed by atoms with van der Waals surface area (Å²) >= 11 is 0. The minimum Gasteiger partial charge on any atom is -0.384 e. The average Bonchev–Trinajstić information content (AvgIpc) is 3.19. The van der Waals surface area contributed by atoms with Crippen molar-refractivity contribution in [2.45, 2.75) is 76.7 Å². The molecule has 186 valence electrons. The van der Waals surface area contributed by atoms with E-state index < -0.39 is 12.0 Å². The van der Waals surface area contributed by atoms with Gasteiger partial charge in [-0.2, -0.15) is 0 Å². The fraction of sp³-hybridized carbons (Fsp3) is 0.741. The van der Waals surface area contributed by atoms with Crippen LogP contribution in [0.25, 0.3) is 0 Å². The summed E-state index contributed by atoms with van der Waals surface area (Å²) in [6.07, 6.45) is 9.17. The molecule has 4 saturated carbocycles. The number of alkyl halides is 2. The smallest absolute Gasteiger partial charge is 0.266 e. The maximum atomic E-state index is 13.5. The molecule has 3 N–H and O–H groups in total. The fourth-order valence-corrected chi connectivity index (χ4v) is 8.62. The average molecular weight is 474 g/mol. The van der Waals surface area contributed by atoms with Crippen LogP contribution in [0.15, 0.2) is 18.5 Å². The highest BCUT2D eigenvalue weighted by atomic mass is 19.3. The van der Waals surface area contributed by atoms with Crippen molar-refractivity contribution in [2.24, 2.45) is 40.9 Å². The summed E-state index contributed by atoms with van der Waals surface area (Å²) in [5.41, 5.74) is -0.346. The van der Waals surface area contributed by atoms with Crippen LogP contribution in [0, 0.1) is 46.3 Å². The third kappa shape index (κ3) is 3.88. The van der Waals surface area contributed by atoms with Crippen molar-refractivity contribution in [1.29, 1.82) is 5.41 Å². The summed E-state index contributed by atoms with van der Waals surface area (Å²) in [6, 6.07) is 1.76. The third-order valence-electron chi connectivity index (χ3n) is 10.3. The van der Waals surface area contributed by atoms with Crippen molar-refractivity contribution in [2.75, 3.05) is 11.9 Å². The summed E-state index contributed by atoms with van der Waals surface area (Å²) in [4.78, 5) is 17.5. The van der Waals surface area contributed by atoms with E-state index in [0.29, 0.717) is 35.8 Å². The van der Waals surface area contributed by atoms with E-state index in [1.165, 1.54) is 6.21 Å². The minimum absolute atomic E-state index is 0.00442. The number of nitrogens with one attached hydrogen (secondary N) is 2. The normalized spacial score (nSPS) is 41.3. The predicted octanol–water partition coefficient (Wildman–Crippen LogP) is 5.33. The molecule has 7 heteroatoms. The molecule has 0 aromatic carbocycles. The van der Waals surface area contributed by atoms with Crippen LogP contribution in [-0.2, 0) is 4.79 Å². The fourth-order valence-electron chi connectivity index (χ4n) is 8.62. The molecule has 8 atom stereocenters. The van der Waals surface area contributed by atoms with Gasteiger partial charge in [-0.25, -0.2) is 8.78 Å². The highest BCUT2D eigenvalue weighted by molar-refractivity contribution is 5.89. The Hall–Kier alpha value is -1.89. The number of Topliss-reactive ketones (excluding diaryl/α,β-unsaturated/α-hetero) is 1. The second kappa shape index (κ2) is 8.96.